The molecule has 0 spiro atoms. The van der Waals surface area contributed by atoms with Crippen molar-refractivity contribution in [1.29, 1.82) is 0 Å². The number of benzene rings is 2. The minimum Gasteiger partial charge on any atom is -0.274 e. The molecule has 3 rings (SSSR count). The number of amides is 1. The van der Waals surface area contributed by atoms with Crippen molar-refractivity contribution in [2.45, 2.75) is 18.9 Å². The van der Waals surface area contributed by atoms with Crippen LogP contribution in [0.4, 0.5) is 0 Å². The Morgan fingerprint density at radius 3 is 2.45 bits per heavy atom. The number of nitrogens with zero attached hydrogens (tertiary/aromatic N) is 1. The zero-order valence-electron chi connectivity index (χ0n) is 10.7. The van der Waals surface area contributed by atoms with Gasteiger partial charge in [-0.25, -0.2) is 4.31 Å². The van der Waals surface area contributed by atoms with Crippen molar-refractivity contribution in [2.24, 2.45) is 0 Å². The Morgan fingerprint density at radius 1 is 1.15 bits per heavy atom. The molecule has 1 saturated heterocycles. The van der Waals surface area contributed by atoms with Gasteiger partial charge in [-0.15, -0.1) is 0 Å². The third-order valence-corrected chi connectivity index (χ3v) is 5.21. The second-order valence-corrected chi connectivity index (χ2v) is 7.44. The standard InChI is InChI=1S/C14H12ClNO3S/c1-14(9-13(17)16(14)20(15,18)19)12-8-4-6-10-5-2-3-7-11(10)12/h2-8H,9H2,1H3. The van der Waals surface area contributed by atoms with Gasteiger partial charge in [-0.2, -0.15) is 8.42 Å². The first-order valence-electron chi connectivity index (χ1n) is 6.10. The molecule has 0 aliphatic carbocycles. The van der Waals surface area contributed by atoms with Gasteiger partial charge in [0.2, 0.25) is 5.91 Å². The number of hydrogen-bond donors (Lipinski definition) is 0. The molecular weight excluding hydrogens is 298 g/mol. The lowest BCUT2D eigenvalue weighted by atomic mass is 9.79. The Kier molecular flexibility index (Phi) is 2.81. The second kappa shape index (κ2) is 4.20. The Balaban J connectivity index is 2.23. The van der Waals surface area contributed by atoms with Gasteiger partial charge in [-0.1, -0.05) is 42.5 Å². The molecule has 1 aliphatic rings. The smallest absolute Gasteiger partial charge is 0.274 e. The highest BCUT2D eigenvalue weighted by Crippen LogP contribution is 2.46. The summed E-state index contributed by atoms with van der Waals surface area (Å²) in [6.45, 7) is 1.72. The van der Waals surface area contributed by atoms with E-state index in [9.17, 15) is 13.2 Å². The van der Waals surface area contributed by atoms with Gasteiger partial charge >= 0.3 is 9.24 Å². The summed E-state index contributed by atoms with van der Waals surface area (Å²) < 4.78 is 24.0. The van der Waals surface area contributed by atoms with Crippen molar-refractivity contribution in [3.8, 4) is 0 Å². The molecule has 0 N–H and O–H groups in total. The first-order chi connectivity index (χ1) is 9.34. The Labute approximate surface area is 121 Å². The molecule has 6 heteroatoms. The zero-order chi connectivity index (χ0) is 14.5. The van der Waals surface area contributed by atoms with E-state index in [0.29, 0.717) is 0 Å². The number of hydrogen-bond acceptors (Lipinski definition) is 3. The number of carbonyl (C=O) groups is 1. The van der Waals surface area contributed by atoms with E-state index in [1.165, 1.54) is 0 Å². The molecule has 1 unspecified atom stereocenters. The van der Waals surface area contributed by atoms with Crippen LogP contribution in [-0.2, 0) is 19.6 Å². The maximum absolute atomic E-state index is 11.7. The summed E-state index contributed by atoms with van der Waals surface area (Å²) in [5.41, 5.74) is -0.127. The minimum absolute atomic E-state index is 0.132. The van der Waals surface area contributed by atoms with Crippen LogP contribution in [-0.4, -0.2) is 18.6 Å². The van der Waals surface area contributed by atoms with Crippen molar-refractivity contribution in [1.82, 2.24) is 4.31 Å². The Morgan fingerprint density at radius 2 is 1.80 bits per heavy atom. The molecule has 1 aliphatic heterocycles. The lowest BCUT2D eigenvalue weighted by Crippen LogP contribution is -2.60. The maximum atomic E-state index is 11.7. The van der Waals surface area contributed by atoms with E-state index in [1.807, 2.05) is 42.5 Å². The van der Waals surface area contributed by atoms with Crippen LogP contribution in [0.15, 0.2) is 42.5 Å². The van der Waals surface area contributed by atoms with Gasteiger partial charge in [0, 0.05) is 10.7 Å². The van der Waals surface area contributed by atoms with E-state index in [0.717, 1.165) is 20.6 Å². The van der Waals surface area contributed by atoms with E-state index < -0.39 is 20.7 Å². The fourth-order valence-electron chi connectivity index (χ4n) is 2.88. The number of halogens is 1. The molecule has 1 fully saturated rings. The first-order valence-corrected chi connectivity index (χ1v) is 8.37. The van der Waals surface area contributed by atoms with E-state index in [-0.39, 0.29) is 6.42 Å². The van der Waals surface area contributed by atoms with Crippen LogP contribution in [0, 0.1) is 0 Å². The SMILES string of the molecule is CC1(c2cccc3ccccc23)CC(=O)N1S(=O)(=O)Cl. The van der Waals surface area contributed by atoms with E-state index in [2.05, 4.69) is 0 Å². The lowest BCUT2D eigenvalue weighted by molar-refractivity contribution is -0.144. The number of carbonyl (C=O) groups excluding carboxylic acids is 1. The molecule has 0 saturated carbocycles. The van der Waals surface area contributed by atoms with Crippen LogP contribution in [0.1, 0.15) is 18.9 Å². The van der Waals surface area contributed by atoms with Crippen molar-refractivity contribution in [3.05, 3.63) is 48.0 Å². The van der Waals surface area contributed by atoms with E-state index >= 15 is 0 Å². The number of β-lactam (4-membered cyclic amide) rings is 1. The third kappa shape index (κ3) is 1.81. The van der Waals surface area contributed by atoms with Crippen LogP contribution in [0.5, 0.6) is 0 Å². The maximum Gasteiger partial charge on any atom is 0.324 e. The molecule has 104 valence electrons. The van der Waals surface area contributed by atoms with E-state index in [1.54, 1.807) is 6.92 Å². The average Bonchev–Trinajstić information content (AvgIpc) is 2.35. The summed E-state index contributed by atoms with van der Waals surface area (Å²) in [5, 5.41) is 1.92. The highest BCUT2D eigenvalue weighted by molar-refractivity contribution is 8.12. The summed E-state index contributed by atoms with van der Waals surface area (Å²) in [5.74, 6) is -0.476. The summed E-state index contributed by atoms with van der Waals surface area (Å²) in [6.07, 6.45) is 0.132. The molecule has 2 aromatic rings. The summed E-state index contributed by atoms with van der Waals surface area (Å²) in [6, 6.07) is 13.3. The molecule has 1 amide bonds. The third-order valence-electron chi connectivity index (χ3n) is 3.76. The molecular formula is C14H12ClNO3S. The van der Waals surface area contributed by atoms with Crippen LogP contribution >= 0.6 is 10.7 Å². The van der Waals surface area contributed by atoms with Gasteiger partial charge in [0.05, 0.1) is 12.0 Å². The zero-order valence-corrected chi connectivity index (χ0v) is 12.3. The van der Waals surface area contributed by atoms with Crippen molar-refractivity contribution in [3.63, 3.8) is 0 Å². The van der Waals surface area contributed by atoms with Gasteiger partial charge in [0.25, 0.3) is 0 Å². The van der Waals surface area contributed by atoms with Gasteiger partial charge in [0.1, 0.15) is 0 Å². The number of rotatable bonds is 2. The summed E-state index contributed by atoms with van der Waals surface area (Å²) >= 11 is 0. The van der Waals surface area contributed by atoms with Gasteiger partial charge in [0.15, 0.2) is 0 Å². The van der Waals surface area contributed by atoms with Crippen LogP contribution in [0.2, 0.25) is 0 Å². The summed E-state index contributed by atoms with van der Waals surface area (Å²) in [4.78, 5) is 11.7. The average molecular weight is 310 g/mol. The molecule has 1 heterocycles. The lowest BCUT2D eigenvalue weighted by Gasteiger charge is -2.47. The highest BCUT2D eigenvalue weighted by Gasteiger charge is 2.54. The largest absolute Gasteiger partial charge is 0.324 e. The molecule has 0 radical (unpaired) electrons. The van der Waals surface area contributed by atoms with Crippen LogP contribution in [0.3, 0.4) is 0 Å². The Hall–Kier alpha value is -1.59. The molecule has 20 heavy (non-hydrogen) atoms. The molecule has 4 nitrogen and oxygen atoms in total. The van der Waals surface area contributed by atoms with Crippen molar-refractivity contribution < 1.29 is 13.2 Å². The normalized spacial score (nSPS) is 22.9. The van der Waals surface area contributed by atoms with Crippen molar-refractivity contribution >= 4 is 36.6 Å². The first kappa shape index (κ1) is 13.4. The van der Waals surface area contributed by atoms with Gasteiger partial charge in [-0.3, -0.25) is 4.79 Å². The van der Waals surface area contributed by atoms with Crippen LogP contribution < -0.4 is 0 Å². The predicted molar refractivity (Wildman–Crippen MR) is 77.5 cm³/mol. The molecule has 1 atom stereocenters. The minimum atomic E-state index is -4.08. The monoisotopic (exact) mass is 309 g/mol. The topological polar surface area (TPSA) is 54.5 Å². The highest BCUT2D eigenvalue weighted by atomic mass is 35.7. The van der Waals surface area contributed by atoms with Crippen molar-refractivity contribution in [2.75, 3.05) is 0 Å². The molecule has 2 aromatic carbocycles. The fourth-order valence-corrected chi connectivity index (χ4v) is 4.52. The van der Waals surface area contributed by atoms with Gasteiger partial charge in [-0.05, 0) is 23.3 Å². The van der Waals surface area contributed by atoms with Gasteiger partial charge < -0.3 is 0 Å². The predicted octanol–water partition coefficient (Wildman–Crippen LogP) is 2.77. The van der Waals surface area contributed by atoms with E-state index in [4.69, 9.17) is 10.7 Å². The molecule has 0 bridgehead atoms. The summed E-state index contributed by atoms with van der Waals surface area (Å²) in [7, 11) is 1.31. The Bertz CT molecular complexity index is 813. The number of fused-ring (bicyclic) bond motifs is 1. The second-order valence-electron chi connectivity index (χ2n) is 5.08. The fraction of sp³-hybridized carbons (Fsp3) is 0.214. The molecule has 0 aromatic heterocycles. The van der Waals surface area contributed by atoms with Crippen LogP contribution in [0.25, 0.3) is 10.8 Å². The quantitative estimate of drug-likeness (QED) is 0.633.